The number of aromatic hydroxyl groups is 8. The van der Waals surface area contributed by atoms with Gasteiger partial charge in [0, 0.05) is 68.2 Å². The van der Waals surface area contributed by atoms with Gasteiger partial charge < -0.3 is 61.3 Å². The van der Waals surface area contributed by atoms with Gasteiger partial charge in [-0.25, -0.2) is 0 Å². The van der Waals surface area contributed by atoms with E-state index in [1.165, 1.54) is 0 Å². The lowest BCUT2D eigenvalue weighted by Crippen LogP contribution is -2.16. The predicted molar refractivity (Wildman–Crippen MR) is 228 cm³/mol. The fourth-order valence-corrected chi connectivity index (χ4v) is 9.36. The number of phenols is 8. The third-order valence-electron chi connectivity index (χ3n) is 12.2. The van der Waals surface area contributed by atoms with Crippen LogP contribution in [-0.4, -0.2) is 61.3 Å². The second kappa shape index (κ2) is 18.4. The van der Waals surface area contributed by atoms with Gasteiger partial charge in [-0.2, -0.15) is 0 Å². The van der Waals surface area contributed by atoms with Crippen molar-refractivity contribution in [3.05, 3.63) is 91.0 Å². The number of aliphatic hydroxyl groups excluding tert-OH is 4. The van der Waals surface area contributed by atoms with Crippen LogP contribution in [0.4, 0.5) is 0 Å². The first-order valence-corrected chi connectivity index (χ1v) is 21.0. The number of fused-ring (bicyclic) bond motifs is 8. The van der Waals surface area contributed by atoms with E-state index in [1.54, 1.807) is 24.3 Å². The van der Waals surface area contributed by atoms with Crippen LogP contribution >= 0.6 is 0 Å². The third kappa shape index (κ3) is 8.39. The first kappa shape index (κ1) is 46.2. The molecule has 0 aliphatic heterocycles. The summed E-state index contributed by atoms with van der Waals surface area (Å²) in [7, 11) is 0. The van der Waals surface area contributed by atoms with Gasteiger partial charge in [0.05, 0.1) is 48.7 Å². The lowest BCUT2D eigenvalue weighted by molar-refractivity contribution is 0.266. The maximum absolute atomic E-state index is 12.0. The minimum absolute atomic E-state index is 0.0912. The van der Waals surface area contributed by atoms with Gasteiger partial charge in [-0.3, -0.25) is 0 Å². The van der Waals surface area contributed by atoms with Crippen molar-refractivity contribution in [1.29, 1.82) is 0 Å². The van der Waals surface area contributed by atoms with E-state index in [0.717, 1.165) is 0 Å². The van der Waals surface area contributed by atoms with Crippen molar-refractivity contribution in [2.24, 2.45) is 23.7 Å². The molecule has 8 bridgehead atoms. The Labute approximate surface area is 352 Å². The summed E-state index contributed by atoms with van der Waals surface area (Å²) in [5, 5.41) is 139. The van der Waals surface area contributed by atoms with E-state index in [9.17, 15) is 61.3 Å². The number of aliphatic hydroxyl groups is 4. The van der Waals surface area contributed by atoms with Crippen LogP contribution in [0.5, 0.6) is 46.0 Å². The normalized spacial score (nSPS) is 18.0. The minimum Gasteiger partial charge on any atom is -0.507 e. The molecule has 1 aliphatic carbocycles. The number of hydrogen-bond donors (Lipinski definition) is 12. The molecule has 60 heavy (non-hydrogen) atoms. The van der Waals surface area contributed by atoms with Crippen molar-refractivity contribution in [3.63, 3.8) is 0 Å². The Morgan fingerprint density at radius 3 is 0.533 bits per heavy atom. The van der Waals surface area contributed by atoms with Crippen molar-refractivity contribution in [1.82, 2.24) is 0 Å². The topological polar surface area (TPSA) is 243 Å². The second-order valence-corrected chi connectivity index (χ2v) is 18.3. The molecular weight excluding hydrogens is 769 g/mol. The summed E-state index contributed by atoms with van der Waals surface area (Å²) in [4.78, 5) is 0. The second-order valence-electron chi connectivity index (χ2n) is 18.3. The molecule has 0 atom stereocenters. The van der Waals surface area contributed by atoms with Crippen LogP contribution in [0, 0.1) is 23.7 Å². The average Bonchev–Trinajstić information content (AvgIpc) is 3.16. The highest BCUT2D eigenvalue weighted by Gasteiger charge is 2.37. The van der Waals surface area contributed by atoms with E-state index < -0.39 is 96.1 Å². The molecule has 328 valence electrons. The number of benzene rings is 4. The molecule has 0 saturated carbocycles. The molecule has 0 saturated heterocycles. The Bertz CT molecular complexity index is 1780. The number of rotatable bonds is 12. The molecule has 1 aliphatic rings. The third-order valence-corrected chi connectivity index (χ3v) is 12.2. The fraction of sp³-hybridized carbons (Fsp3) is 0.500. The molecular formula is C48H64O12. The summed E-state index contributed by atoms with van der Waals surface area (Å²) in [6.07, 6.45) is 1.10. The standard InChI is InChI=1S/C48H64O12/c1-21(2)9-25-29-13-31(43(55)37(17-49)41(29)53)26(10-22(3)4)33-15-35(47(59)39(19-51)45(33)57)28(12-24(7)8)36-16-34(46(58)40(20-52)48(36)60)27(11-23(5)6)32-14-30(25)42(54)38(18-50)44(32)56/h13-16,21-28,49-60H,9-12,17-20H2,1-8H3. The zero-order valence-electron chi connectivity index (χ0n) is 36.0. The molecule has 0 aromatic heterocycles. The molecule has 5 rings (SSSR count). The zero-order chi connectivity index (χ0) is 44.7. The van der Waals surface area contributed by atoms with Crippen LogP contribution in [0.15, 0.2) is 24.3 Å². The van der Waals surface area contributed by atoms with E-state index >= 15 is 0 Å². The van der Waals surface area contributed by atoms with Gasteiger partial charge in [0.25, 0.3) is 0 Å². The quantitative estimate of drug-likeness (QED) is 0.0645. The van der Waals surface area contributed by atoms with Crippen molar-refractivity contribution < 1.29 is 61.3 Å². The zero-order valence-corrected chi connectivity index (χ0v) is 36.0. The van der Waals surface area contributed by atoms with Crippen LogP contribution in [0.1, 0.15) is 172 Å². The van der Waals surface area contributed by atoms with Gasteiger partial charge >= 0.3 is 0 Å². The highest BCUT2D eigenvalue weighted by molar-refractivity contribution is 5.67. The van der Waals surface area contributed by atoms with Gasteiger partial charge in [0.15, 0.2) is 0 Å². The fourth-order valence-electron chi connectivity index (χ4n) is 9.36. The average molecular weight is 833 g/mol. The summed E-state index contributed by atoms with van der Waals surface area (Å²) >= 11 is 0. The smallest absolute Gasteiger partial charge is 0.128 e. The van der Waals surface area contributed by atoms with Gasteiger partial charge in [-0.15, -0.1) is 0 Å². The molecule has 0 amide bonds. The molecule has 4 aromatic carbocycles. The molecule has 0 unspecified atom stereocenters. The Morgan fingerprint density at radius 1 is 0.300 bits per heavy atom. The van der Waals surface area contributed by atoms with Crippen molar-refractivity contribution in [3.8, 4) is 46.0 Å². The van der Waals surface area contributed by atoms with E-state index in [1.807, 2.05) is 55.4 Å². The van der Waals surface area contributed by atoms with E-state index in [4.69, 9.17) is 0 Å². The maximum Gasteiger partial charge on any atom is 0.128 e. The number of hydrogen-bond acceptors (Lipinski definition) is 12. The van der Waals surface area contributed by atoms with Crippen LogP contribution in [0.2, 0.25) is 0 Å². The maximum atomic E-state index is 12.0. The van der Waals surface area contributed by atoms with Crippen LogP contribution in [0.3, 0.4) is 0 Å². The van der Waals surface area contributed by atoms with Crippen molar-refractivity contribution in [2.45, 2.75) is 131 Å². The van der Waals surface area contributed by atoms with Crippen LogP contribution < -0.4 is 0 Å². The summed E-state index contributed by atoms with van der Waals surface area (Å²) in [6, 6.07) is 6.32. The summed E-state index contributed by atoms with van der Waals surface area (Å²) in [5.74, 6) is -7.46. The molecule has 12 nitrogen and oxygen atoms in total. The predicted octanol–water partition coefficient (Wildman–Crippen LogP) is 8.33. The van der Waals surface area contributed by atoms with E-state index in [0.29, 0.717) is 0 Å². The van der Waals surface area contributed by atoms with Crippen molar-refractivity contribution >= 4 is 0 Å². The van der Waals surface area contributed by atoms with Gasteiger partial charge in [-0.1, -0.05) is 55.4 Å². The lowest BCUT2D eigenvalue weighted by atomic mass is 9.73. The molecule has 0 fully saturated rings. The highest BCUT2D eigenvalue weighted by atomic mass is 16.3. The monoisotopic (exact) mass is 832 g/mol. The Hall–Kier alpha value is -4.88. The molecule has 12 heteroatoms. The highest BCUT2D eigenvalue weighted by Crippen LogP contribution is 2.56. The van der Waals surface area contributed by atoms with Crippen LogP contribution in [-0.2, 0) is 26.4 Å². The SMILES string of the molecule is CC(C)CC1c2cc(c(O)c(CO)c2O)C(CC(C)C)c2cc(c(O)c(CO)c2O)C(CC(C)C)c2cc(c(O)c(CO)c2O)C(CC(C)C)c2cc1c(O)c(CO)c2O. The summed E-state index contributed by atoms with van der Waals surface area (Å²) in [5.41, 5.74) is 0.802. The molecule has 0 heterocycles. The van der Waals surface area contributed by atoms with Crippen molar-refractivity contribution in [2.75, 3.05) is 0 Å². The van der Waals surface area contributed by atoms with Gasteiger partial charge in [0.1, 0.15) is 46.0 Å². The summed E-state index contributed by atoms with van der Waals surface area (Å²) < 4.78 is 0. The Balaban J connectivity index is 2.16. The summed E-state index contributed by atoms with van der Waals surface area (Å²) in [6.45, 7) is 12.3. The molecule has 0 spiro atoms. The minimum atomic E-state index is -0.893. The van der Waals surface area contributed by atoms with E-state index in [2.05, 4.69) is 0 Å². The molecule has 4 aromatic rings. The molecule has 0 radical (unpaired) electrons. The largest absolute Gasteiger partial charge is 0.507 e. The van der Waals surface area contributed by atoms with Gasteiger partial charge in [0.2, 0.25) is 0 Å². The Kier molecular flexibility index (Phi) is 14.2. The Morgan fingerprint density at radius 2 is 0.433 bits per heavy atom. The van der Waals surface area contributed by atoms with E-state index in [-0.39, 0.29) is 116 Å². The first-order chi connectivity index (χ1) is 28.2. The lowest BCUT2D eigenvalue weighted by Gasteiger charge is -2.32. The van der Waals surface area contributed by atoms with Gasteiger partial charge in [-0.05, 0) is 73.6 Å². The first-order valence-electron chi connectivity index (χ1n) is 21.0. The van der Waals surface area contributed by atoms with Crippen LogP contribution in [0.25, 0.3) is 0 Å². The molecule has 12 N–H and O–H groups in total.